The molecule has 1 aliphatic heterocycles. The maximum atomic E-state index is 5.76. The number of hydrogen-bond donors (Lipinski definition) is 2. The molecule has 7 heteroatoms. The van der Waals surface area contributed by atoms with Crippen LogP contribution in [0.15, 0.2) is 30.5 Å². The summed E-state index contributed by atoms with van der Waals surface area (Å²) in [4.78, 5) is 6.56. The number of methoxy groups -OCH3 is 1. The summed E-state index contributed by atoms with van der Waals surface area (Å²) in [6.07, 6.45) is 8.80. The van der Waals surface area contributed by atoms with Gasteiger partial charge in [0.25, 0.3) is 0 Å². The monoisotopic (exact) mass is 382 g/mol. The van der Waals surface area contributed by atoms with Crippen molar-refractivity contribution in [1.82, 2.24) is 20.5 Å². The van der Waals surface area contributed by atoms with E-state index in [9.17, 15) is 0 Å². The third-order valence-corrected chi connectivity index (χ3v) is 6.48. The first-order valence-electron chi connectivity index (χ1n) is 10.2. The number of anilines is 2. The molecule has 1 spiro atoms. The van der Waals surface area contributed by atoms with E-state index in [1.807, 2.05) is 12.1 Å². The van der Waals surface area contributed by atoms with Crippen molar-refractivity contribution in [3.05, 3.63) is 36.0 Å². The summed E-state index contributed by atoms with van der Waals surface area (Å²) in [6.45, 7) is 2.97. The van der Waals surface area contributed by atoms with Gasteiger partial charge in [-0.05, 0) is 61.8 Å². The molecule has 1 aliphatic carbocycles. The number of ether oxygens (including phenoxy) is 1. The predicted molar refractivity (Wildman–Crippen MR) is 110 cm³/mol. The fourth-order valence-electron chi connectivity index (χ4n) is 4.83. The van der Waals surface area contributed by atoms with Crippen LogP contribution in [0, 0.1) is 5.41 Å². The van der Waals surface area contributed by atoms with Crippen LogP contribution in [0.4, 0.5) is 11.8 Å². The Labute approximate surface area is 166 Å². The van der Waals surface area contributed by atoms with Crippen LogP contribution < -0.4 is 20.7 Å². The Morgan fingerprint density at radius 1 is 1.21 bits per heavy atom. The first-order valence-corrected chi connectivity index (χ1v) is 10.2. The van der Waals surface area contributed by atoms with Crippen LogP contribution in [0.1, 0.15) is 37.7 Å². The topological polar surface area (TPSA) is 89.2 Å². The molecular formula is C21H30N6O. The molecule has 150 valence electrons. The minimum atomic E-state index is 0.407. The second-order valence-corrected chi connectivity index (χ2v) is 8.03. The highest BCUT2D eigenvalue weighted by Crippen LogP contribution is 2.46. The number of nitrogens with two attached hydrogens (primary N) is 1. The molecule has 1 saturated heterocycles. The normalized spacial score (nSPS) is 21.2. The highest BCUT2D eigenvalue weighted by atomic mass is 16.5. The Morgan fingerprint density at radius 2 is 2.00 bits per heavy atom. The number of benzene rings is 1. The minimum absolute atomic E-state index is 0.407. The lowest BCUT2D eigenvalue weighted by Gasteiger charge is -2.43. The van der Waals surface area contributed by atoms with Crippen molar-refractivity contribution >= 4 is 11.8 Å². The molecule has 2 aliphatic rings. The average molecular weight is 383 g/mol. The maximum absolute atomic E-state index is 5.76. The Hall–Kier alpha value is -2.41. The van der Waals surface area contributed by atoms with Crippen LogP contribution in [0.2, 0.25) is 0 Å². The fourth-order valence-corrected chi connectivity index (χ4v) is 4.83. The SMILES string of the molecule is COc1ccc(CCN[C@@H]2CCCC23CCN(c2nncc(N)n2)CC3)cc1. The zero-order valence-electron chi connectivity index (χ0n) is 16.6. The largest absolute Gasteiger partial charge is 0.497 e. The Morgan fingerprint density at radius 3 is 2.71 bits per heavy atom. The number of nitrogens with one attached hydrogen (secondary N) is 1. The number of hydrogen-bond acceptors (Lipinski definition) is 7. The second-order valence-electron chi connectivity index (χ2n) is 8.03. The molecule has 2 aromatic rings. The highest BCUT2D eigenvalue weighted by molar-refractivity contribution is 5.36. The van der Waals surface area contributed by atoms with E-state index in [0.717, 1.165) is 31.8 Å². The minimum Gasteiger partial charge on any atom is -0.497 e. The van der Waals surface area contributed by atoms with E-state index in [2.05, 4.69) is 37.5 Å². The van der Waals surface area contributed by atoms with E-state index < -0.39 is 0 Å². The molecular weight excluding hydrogens is 352 g/mol. The van der Waals surface area contributed by atoms with E-state index in [-0.39, 0.29) is 0 Å². The van der Waals surface area contributed by atoms with Gasteiger partial charge in [0.2, 0.25) is 5.95 Å². The third kappa shape index (κ3) is 4.04. The van der Waals surface area contributed by atoms with Gasteiger partial charge in [-0.25, -0.2) is 0 Å². The Bertz CT molecular complexity index is 773. The predicted octanol–water partition coefficient (Wildman–Crippen LogP) is 2.43. The molecule has 0 amide bonds. The zero-order valence-corrected chi connectivity index (χ0v) is 16.6. The molecule has 28 heavy (non-hydrogen) atoms. The third-order valence-electron chi connectivity index (χ3n) is 6.48. The smallest absolute Gasteiger partial charge is 0.247 e. The van der Waals surface area contributed by atoms with Gasteiger partial charge in [0, 0.05) is 19.1 Å². The molecule has 0 unspecified atom stereocenters. The van der Waals surface area contributed by atoms with Crippen LogP contribution >= 0.6 is 0 Å². The number of rotatable bonds is 6. The second kappa shape index (κ2) is 8.31. The first-order chi connectivity index (χ1) is 13.7. The average Bonchev–Trinajstić information content (AvgIpc) is 3.11. The van der Waals surface area contributed by atoms with Gasteiger partial charge in [0.15, 0.2) is 0 Å². The summed E-state index contributed by atoms with van der Waals surface area (Å²) in [6, 6.07) is 8.99. The molecule has 0 radical (unpaired) electrons. The van der Waals surface area contributed by atoms with Crippen LogP contribution in [0.3, 0.4) is 0 Å². The van der Waals surface area contributed by atoms with E-state index in [4.69, 9.17) is 10.5 Å². The molecule has 2 fully saturated rings. The van der Waals surface area contributed by atoms with Crippen molar-refractivity contribution < 1.29 is 4.74 Å². The summed E-state index contributed by atoms with van der Waals surface area (Å²) in [7, 11) is 1.71. The van der Waals surface area contributed by atoms with Gasteiger partial charge in [-0.3, -0.25) is 0 Å². The maximum Gasteiger partial charge on any atom is 0.247 e. The molecule has 1 aromatic heterocycles. The lowest BCUT2D eigenvalue weighted by atomic mass is 9.74. The summed E-state index contributed by atoms with van der Waals surface area (Å²) in [5.41, 5.74) is 7.52. The standard InChI is InChI=1S/C21H30N6O/c1-28-17-6-4-16(5-7-17)8-12-23-18-3-2-9-21(18)10-13-27(14-11-21)20-25-19(22)15-24-26-20/h4-7,15,18,23H,2-3,8-14H2,1H3,(H2,22,25,26)/t18-/m1/s1. The number of aromatic nitrogens is 3. The van der Waals surface area contributed by atoms with Crippen molar-refractivity contribution in [3.8, 4) is 5.75 Å². The highest BCUT2D eigenvalue weighted by Gasteiger charge is 2.44. The van der Waals surface area contributed by atoms with Crippen LogP contribution in [0.25, 0.3) is 0 Å². The van der Waals surface area contributed by atoms with Gasteiger partial charge in [0.1, 0.15) is 11.6 Å². The fraction of sp³-hybridized carbons (Fsp3) is 0.571. The Kier molecular flexibility index (Phi) is 5.62. The van der Waals surface area contributed by atoms with Crippen LogP contribution in [0.5, 0.6) is 5.75 Å². The van der Waals surface area contributed by atoms with Crippen LogP contribution in [-0.2, 0) is 6.42 Å². The van der Waals surface area contributed by atoms with Gasteiger partial charge < -0.3 is 20.7 Å². The van der Waals surface area contributed by atoms with Gasteiger partial charge >= 0.3 is 0 Å². The molecule has 2 heterocycles. The summed E-state index contributed by atoms with van der Waals surface area (Å²) in [5.74, 6) is 2.01. The molecule has 1 aromatic carbocycles. The van der Waals surface area contributed by atoms with Gasteiger partial charge in [-0.2, -0.15) is 10.1 Å². The quantitative estimate of drug-likeness (QED) is 0.793. The molecule has 0 bridgehead atoms. The molecule has 3 N–H and O–H groups in total. The van der Waals surface area contributed by atoms with E-state index in [0.29, 0.717) is 23.2 Å². The summed E-state index contributed by atoms with van der Waals surface area (Å²) < 4.78 is 5.24. The van der Waals surface area contributed by atoms with E-state index in [1.165, 1.54) is 43.9 Å². The Balaban J connectivity index is 1.30. The lowest BCUT2D eigenvalue weighted by molar-refractivity contribution is 0.172. The van der Waals surface area contributed by atoms with Crippen molar-refractivity contribution in [2.75, 3.05) is 37.4 Å². The van der Waals surface area contributed by atoms with E-state index in [1.54, 1.807) is 7.11 Å². The molecule has 1 saturated carbocycles. The van der Waals surface area contributed by atoms with Crippen LogP contribution in [-0.4, -0.2) is 48.0 Å². The van der Waals surface area contributed by atoms with Crippen molar-refractivity contribution in [1.29, 1.82) is 0 Å². The summed E-state index contributed by atoms with van der Waals surface area (Å²) in [5, 5.41) is 12.0. The molecule has 1 atom stereocenters. The summed E-state index contributed by atoms with van der Waals surface area (Å²) >= 11 is 0. The zero-order chi connectivity index (χ0) is 19.4. The van der Waals surface area contributed by atoms with Gasteiger partial charge in [0.05, 0.1) is 13.3 Å². The number of nitrogens with zero attached hydrogens (tertiary/aromatic N) is 4. The van der Waals surface area contributed by atoms with Crippen molar-refractivity contribution in [3.63, 3.8) is 0 Å². The first kappa shape index (κ1) is 18.9. The number of piperidine rings is 1. The molecule has 7 nitrogen and oxygen atoms in total. The van der Waals surface area contributed by atoms with Crippen molar-refractivity contribution in [2.24, 2.45) is 5.41 Å². The van der Waals surface area contributed by atoms with E-state index >= 15 is 0 Å². The van der Waals surface area contributed by atoms with Gasteiger partial charge in [-0.1, -0.05) is 18.6 Å². The number of nitrogen functional groups attached to an aromatic ring is 1. The van der Waals surface area contributed by atoms with Crippen molar-refractivity contribution in [2.45, 2.75) is 44.6 Å². The lowest BCUT2D eigenvalue weighted by Crippen LogP contribution is -2.49. The molecule has 4 rings (SSSR count). The van der Waals surface area contributed by atoms with Gasteiger partial charge in [-0.15, -0.1) is 5.10 Å².